The lowest BCUT2D eigenvalue weighted by atomic mass is 10.0. The van der Waals surface area contributed by atoms with Gasteiger partial charge in [0.2, 0.25) is 11.9 Å². The lowest BCUT2D eigenvalue weighted by Crippen LogP contribution is -2.12. The Kier molecular flexibility index (Phi) is 5.25. The van der Waals surface area contributed by atoms with Crippen molar-refractivity contribution in [1.29, 1.82) is 0 Å². The lowest BCUT2D eigenvalue weighted by molar-refractivity contribution is 0.829. The average Bonchev–Trinajstić information content (AvgIpc) is 2.46. The number of rotatable bonds is 5. The Labute approximate surface area is 133 Å². The van der Waals surface area contributed by atoms with Gasteiger partial charge >= 0.3 is 0 Å². The fourth-order valence-electron chi connectivity index (χ4n) is 1.94. The second kappa shape index (κ2) is 6.95. The van der Waals surface area contributed by atoms with Gasteiger partial charge in [-0.25, -0.2) is 0 Å². The number of hydrogen-bond donors (Lipinski definition) is 2. The van der Waals surface area contributed by atoms with Crippen LogP contribution < -0.4 is 11.1 Å². The molecular formula is C14H18ClN5S. The summed E-state index contributed by atoms with van der Waals surface area (Å²) >= 11 is 7.58. The van der Waals surface area contributed by atoms with E-state index in [0.29, 0.717) is 11.1 Å². The van der Waals surface area contributed by atoms with Crippen molar-refractivity contribution in [3.8, 4) is 0 Å². The molecule has 7 heteroatoms. The third-order valence-electron chi connectivity index (χ3n) is 3.11. The monoisotopic (exact) mass is 323 g/mol. The summed E-state index contributed by atoms with van der Waals surface area (Å²) in [4.78, 5) is 12.4. The molecular weight excluding hydrogens is 306 g/mol. The zero-order valence-corrected chi connectivity index (χ0v) is 13.8. The Bertz CT molecular complexity index is 635. The molecule has 1 heterocycles. The molecule has 0 aliphatic carbocycles. The molecule has 112 valence electrons. The molecule has 1 aromatic carbocycles. The molecule has 0 aliphatic heterocycles. The van der Waals surface area contributed by atoms with E-state index in [-0.39, 0.29) is 12.0 Å². The predicted molar refractivity (Wildman–Crippen MR) is 88.9 cm³/mol. The van der Waals surface area contributed by atoms with Gasteiger partial charge in [0.15, 0.2) is 5.16 Å². The lowest BCUT2D eigenvalue weighted by Gasteiger charge is -2.16. The second-order valence-corrected chi connectivity index (χ2v) is 5.75. The van der Waals surface area contributed by atoms with Crippen molar-refractivity contribution in [2.75, 3.05) is 17.3 Å². The van der Waals surface area contributed by atoms with Gasteiger partial charge in [-0.15, -0.1) is 0 Å². The van der Waals surface area contributed by atoms with Crippen LogP contribution in [0.5, 0.6) is 0 Å². The number of nitrogens with zero attached hydrogens (tertiary/aromatic N) is 3. The number of thioether (sulfide) groups is 1. The van der Waals surface area contributed by atoms with Crippen LogP contribution in [0.2, 0.25) is 5.02 Å². The largest absolute Gasteiger partial charge is 0.368 e. The predicted octanol–water partition coefficient (Wildman–Crippen LogP) is 3.56. The Morgan fingerprint density at radius 1 is 1.33 bits per heavy atom. The first-order valence-electron chi connectivity index (χ1n) is 6.64. The summed E-state index contributed by atoms with van der Waals surface area (Å²) in [7, 11) is 0. The number of halogens is 1. The van der Waals surface area contributed by atoms with E-state index in [2.05, 4.69) is 33.3 Å². The molecule has 1 atom stereocenters. The van der Waals surface area contributed by atoms with E-state index in [4.69, 9.17) is 17.3 Å². The number of nitrogens with one attached hydrogen (secondary N) is 1. The highest BCUT2D eigenvalue weighted by molar-refractivity contribution is 7.98. The van der Waals surface area contributed by atoms with Gasteiger partial charge in [-0.2, -0.15) is 15.0 Å². The Morgan fingerprint density at radius 2 is 2.10 bits per heavy atom. The third-order valence-corrected chi connectivity index (χ3v) is 4.03. The zero-order valence-electron chi connectivity index (χ0n) is 12.2. The number of benzene rings is 1. The molecule has 0 saturated carbocycles. The van der Waals surface area contributed by atoms with Gasteiger partial charge in [-0.1, -0.05) is 42.4 Å². The van der Waals surface area contributed by atoms with E-state index < -0.39 is 0 Å². The molecule has 1 unspecified atom stereocenters. The van der Waals surface area contributed by atoms with Crippen LogP contribution in [-0.4, -0.2) is 21.2 Å². The van der Waals surface area contributed by atoms with Gasteiger partial charge in [0, 0.05) is 5.02 Å². The quantitative estimate of drug-likeness (QED) is 0.819. The van der Waals surface area contributed by atoms with Crippen molar-refractivity contribution in [2.24, 2.45) is 0 Å². The molecule has 0 bridgehead atoms. The van der Waals surface area contributed by atoms with E-state index in [1.54, 1.807) is 0 Å². The van der Waals surface area contributed by atoms with Gasteiger partial charge in [0.25, 0.3) is 0 Å². The summed E-state index contributed by atoms with van der Waals surface area (Å²) in [6.45, 7) is 4.13. The number of hydrogen-bond acceptors (Lipinski definition) is 6. The van der Waals surface area contributed by atoms with Crippen LogP contribution in [0.3, 0.4) is 0 Å². The van der Waals surface area contributed by atoms with Crippen molar-refractivity contribution < 1.29 is 0 Å². The van der Waals surface area contributed by atoms with Gasteiger partial charge < -0.3 is 11.1 Å². The molecule has 5 nitrogen and oxygen atoms in total. The fraction of sp³-hybridized carbons (Fsp3) is 0.357. The molecule has 0 spiro atoms. The maximum atomic E-state index is 6.15. The number of nitrogen functional groups attached to an aromatic ring is 1. The molecule has 2 rings (SSSR count). The van der Waals surface area contributed by atoms with Crippen molar-refractivity contribution in [3.63, 3.8) is 0 Å². The molecule has 2 aromatic rings. The SMILES string of the molecule is CCc1cc(C(C)Nc2nc(N)nc(SC)n2)ccc1Cl. The maximum absolute atomic E-state index is 6.15. The molecule has 0 fully saturated rings. The summed E-state index contributed by atoms with van der Waals surface area (Å²) in [5, 5.41) is 4.64. The molecule has 21 heavy (non-hydrogen) atoms. The summed E-state index contributed by atoms with van der Waals surface area (Å²) in [6.07, 6.45) is 2.80. The number of anilines is 2. The first-order chi connectivity index (χ1) is 10.0. The van der Waals surface area contributed by atoms with Crippen LogP contribution in [0.1, 0.15) is 31.0 Å². The highest BCUT2D eigenvalue weighted by Gasteiger charge is 2.11. The van der Waals surface area contributed by atoms with Crippen LogP contribution in [0, 0.1) is 0 Å². The van der Waals surface area contributed by atoms with E-state index in [0.717, 1.165) is 22.6 Å². The van der Waals surface area contributed by atoms with Gasteiger partial charge in [-0.05, 0) is 36.8 Å². The molecule has 0 radical (unpaired) electrons. The molecule has 0 saturated heterocycles. The fourth-order valence-corrected chi connectivity index (χ4v) is 2.55. The van der Waals surface area contributed by atoms with Gasteiger partial charge in [-0.3, -0.25) is 0 Å². The Morgan fingerprint density at radius 3 is 2.76 bits per heavy atom. The molecule has 0 amide bonds. The van der Waals surface area contributed by atoms with Crippen LogP contribution >= 0.6 is 23.4 Å². The van der Waals surface area contributed by atoms with Crippen LogP contribution in [0.4, 0.5) is 11.9 Å². The summed E-state index contributed by atoms with van der Waals surface area (Å²) < 4.78 is 0. The zero-order chi connectivity index (χ0) is 15.4. The van der Waals surface area contributed by atoms with E-state index in [1.807, 2.05) is 25.3 Å². The minimum absolute atomic E-state index is 0.0454. The normalized spacial score (nSPS) is 12.2. The summed E-state index contributed by atoms with van der Waals surface area (Å²) in [6, 6.07) is 6.06. The summed E-state index contributed by atoms with van der Waals surface area (Å²) in [5.74, 6) is 0.696. The van der Waals surface area contributed by atoms with Gasteiger partial charge in [0.05, 0.1) is 6.04 Å². The highest BCUT2D eigenvalue weighted by atomic mass is 35.5. The van der Waals surface area contributed by atoms with Crippen molar-refractivity contribution in [2.45, 2.75) is 31.5 Å². The average molecular weight is 324 g/mol. The number of aromatic nitrogens is 3. The Balaban J connectivity index is 2.21. The third kappa shape index (κ3) is 3.98. The minimum atomic E-state index is 0.0454. The number of aryl methyl sites for hydroxylation is 1. The Hall–Kier alpha value is -1.53. The van der Waals surface area contributed by atoms with Crippen LogP contribution in [0.25, 0.3) is 0 Å². The van der Waals surface area contributed by atoms with Crippen LogP contribution in [-0.2, 0) is 6.42 Å². The maximum Gasteiger partial charge on any atom is 0.228 e. The first-order valence-corrected chi connectivity index (χ1v) is 8.24. The van der Waals surface area contributed by atoms with Crippen molar-refractivity contribution >= 4 is 35.3 Å². The second-order valence-electron chi connectivity index (χ2n) is 4.57. The smallest absolute Gasteiger partial charge is 0.228 e. The highest BCUT2D eigenvalue weighted by Crippen LogP contribution is 2.24. The molecule has 1 aromatic heterocycles. The van der Waals surface area contributed by atoms with E-state index >= 15 is 0 Å². The summed E-state index contributed by atoms with van der Waals surface area (Å²) in [5.41, 5.74) is 7.94. The molecule has 0 aliphatic rings. The van der Waals surface area contributed by atoms with Crippen molar-refractivity contribution in [3.05, 3.63) is 34.3 Å². The first kappa shape index (κ1) is 15.9. The van der Waals surface area contributed by atoms with Crippen LogP contribution in [0.15, 0.2) is 23.4 Å². The topological polar surface area (TPSA) is 76.7 Å². The molecule has 3 N–H and O–H groups in total. The minimum Gasteiger partial charge on any atom is -0.368 e. The van der Waals surface area contributed by atoms with E-state index in [9.17, 15) is 0 Å². The standard InChI is InChI=1S/C14H18ClN5S/c1-4-9-7-10(5-6-11(9)15)8(2)17-13-18-12(16)19-14(20-13)21-3/h5-8H,4H2,1-3H3,(H3,16,17,18,19,20). The van der Waals surface area contributed by atoms with Crippen molar-refractivity contribution in [1.82, 2.24) is 15.0 Å². The number of nitrogens with two attached hydrogens (primary N) is 1. The van der Waals surface area contributed by atoms with E-state index in [1.165, 1.54) is 11.8 Å². The van der Waals surface area contributed by atoms with Gasteiger partial charge in [0.1, 0.15) is 0 Å².